The van der Waals surface area contributed by atoms with Crippen LogP contribution in [0.25, 0.3) is 0 Å². The van der Waals surface area contributed by atoms with Crippen molar-refractivity contribution in [3.8, 4) is 0 Å². The lowest BCUT2D eigenvalue weighted by Crippen LogP contribution is -2.43. The molecule has 0 aliphatic carbocycles. The van der Waals surface area contributed by atoms with Crippen LogP contribution < -0.4 is 16.0 Å². The lowest BCUT2D eigenvalue weighted by Gasteiger charge is -2.41. The van der Waals surface area contributed by atoms with Crippen LogP contribution in [0, 0.1) is 5.92 Å². The van der Waals surface area contributed by atoms with Gasteiger partial charge in [0.05, 0.1) is 0 Å². The van der Waals surface area contributed by atoms with Crippen molar-refractivity contribution >= 4 is 11.8 Å². The number of fused-ring (bicyclic) bond motifs is 3. The molecule has 0 radical (unpaired) electrons. The molecule has 0 saturated carbocycles. The van der Waals surface area contributed by atoms with Crippen molar-refractivity contribution in [3.63, 3.8) is 0 Å². The first kappa shape index (κ1) is 26.1. The van der Waals surface area contributed by atoms with Crippen molar-refractivity contribution in [1.82, 2.24) is 16.0 Å². The normalized spacial score (nSPS) is 23.2. The molecule has 0 aromatic heterocycles. The summed E-state index contributed by atoms with van der Waals surface area (Å²) in [6.45, 7) is 3.28. The molecule has 0 saturated heterocycles. The number of benzene rings is 3. The summed E-state index contributed by atoms with van der Waals surface area (Å²) < 4.78 is 0. The monoisotopic (exact) mass is 525 g/mol. The fraction of sp³-hybridized carbons (Fsp3) is 0.471. The Morgan fingerprint density at radius 3 is 1.76 bits per heavy atom. The molecule has 4 heteroatoms. The molecule has 3 atom stereocenters. The summed E-state index contributed by atoms with van der Waals surface area (Å²) >= 11 is 2.13. The van der Waals surface area contributed by atoms with Gasteiger partial charge in [0.2, 0.25) is 0 Å². The largest absolute Gasteiger partial charge is 0.309 e. The van der Waals surface area contributed by atoms with Crippen molar-refractivity contribution in [2.24, 2.45) is 5.92 Å². The summed E-state index contributed by atoms with van der Waals surface area (Å²) in [5, 5.41) is 11.7. The van der Waals surface area contributed by atoms with Crippen molar-refractivity contribution in [3.05, 3.63) is 106 Å². The Balaban J connectivity index is 1.06. The van der Waals surface area contributed by atoms with Gasteiger partial charge >= 0.3 is 0 Å². The topological polar surface area (TPSA) is 36.1 Å². The molecule has 0 bridgehead atoms. The molecule has 3 aromatic carbocycles. The maximum atomic E-state index is 3.96. The van der Waals surface area contributed by atoms with E-state index in [4.69, 9.17) is 0 Å². The van der Waals surface area contributed by atoms with Crippen LogP contribution in [0.3, 0.4) is 0 Å². The highest BCUT2D eigenvalue weighted by atomic mass is 32.2. The molecule has 0 amide bonds. The standard InChI is InChI=1S/C34H43N3S/c1(9-23-38-24-32-28-13-6-3-10-25(28)17-20-35-32)2-16-31(33-29-14-7-4-11-26(29)18-21-36-33)34-30-15-8-5-12-27(30)19-22-37-34/h3-8,10-15,31-37H,1-2,9,16-24H2. The Labute approximate surface area is 233 Å². The number of unbranched alkanes of at least 4 members (excludes halogenated alkanes) is 2. The van der Waals surface area contributed by atoms with E-state index in [1.165, 1.54) is 60.3 Å². The fourth-order valence-corrected chi connectivity index (χ4v) is 8.18. The summed E-state index contributed by atoms with van der Waals surface area (Å²) in [5.41, 5.74) is 9.21. The Bertz CT molecular complexity index is 1140. The number of rotatable bonds is 10. The highest BCUT2D eigenvalue weighted by Gasteiger charge is 2.35. The first-order chi connectivity index (χ1) is 18.9. The van der Waals surface area contributed by atoms with Crippen LogP contribution in [0.2, 0.25) is 0 Å². The smallest absolute Gasteiger partial charge is 0.0414 e. The Morgan fingerprint density at radius 1 is 0.605 bits per heavy atom. The lowest BCUT2D eigenvalue weighted by molar-refractivity contribution is 0.238. The number of hydrogen-bond donors (Lipinski definition) is 3. The molecular weight excluding hydrogens is 482 g/mol. The predicted molar refractivity (Wildman–Crippen MR) is 162 cm³/mol. The zero-order valence-corrected chi connectivity index (χ0v) is 23.4. The minimum Gasteiger partial charge on any atom is -0.309 e. The molecule has 3 heterocycles. The second-order valence-electron chi connectivity index (χ2n) is 11.3. The van der Waals surface area contributed by atoms with Crippen molar-refractivity contribution in [1.29, 1.82) is 0 Å². The van der Waals surface area contributed by atoms with E-state index in [0.717, 1.165) is 32.5 Å². The van der Waals surface area contributed by atoms with Crippen LogP contribution in [-0.4, -0.2) is 31.1 Å². The lowest BCUT2D eigenvalue weighted by atomic mass is 9.75. The molecule has 3 N–H and O–H groups in total. The van der Waals surface area contributed by atoms with Gasteiger partial charge in [0, 0.05) is 23.9 Å². The number of thioether (sulfide) groups is 1. The van der Waals surface area contributed by atoms with Gasteiger partial charge in [0.15, 0.2) is 0 Å². The highest BCUT2D eigenvalue weighted by Crippen LogP contribution is 2.41. The molecule has 3 aromatic rings. The summed E-state index contributed by atoms with van der Waals surface area (Å²) in [7, 11) is 0. The summed E-state index contributed by atoms with van der Waals surface area (Å²) in [4.78, 5) is 0. The SMILES string of the molecule is c1ccc2c(c1)CCNC2CSCCCCCC(C1NCCc2ccccc21)C1NCCc2ccccc21. The molecular formula is C34H43N3S. The average molecular weight is 526 g/mol. The predicted octanol–water partition coefficient (Wildman–Crippen LogP) is 6.56. The summed E-state index contributed by atoms with van der Waals surface area (Å²) in [6.07, 6.45) is 8.66. The first-order valence-corrected chi connectivity index (χ1v) is 16.1. The molecule has 0 fully saturated rings. The number of nitrogens with one attached hydrogen (secondary N) is 3. The molecule has 3 unspecified atom stereocenters. The van der Waals surface area contributed by atoms with E-state index >= 15 is 0 Å². The molecule has 3 aliphatic heterocycles. The van der Waals surface area contributed by atoms with Gasteiger partial charge in [0.25, 0.3) is 0 Å². The molecule has 38 heavy (non-hydrogen) atoms. The van der Waals surface area contributed by atoms with Gasteiger partial charge in [-0.1, -0.05) is 85.6 Å². The van der Waals surface area contributed by atoms with Gasteiger partial charge in [-0.15, -0.1) is 0 Å². The van der Waals surface area contributed by atoms with Crippen LogP contribution in [-0.2, 0) is 19.3 Å². The Morgan fingerprint density at radius 2 is 1.13 bits per heavy atom. The van der Waals surface area contributed by atoms with Crippen molar-refractivity contribution in [2.45, 2.75) is 63.1 Å². The van der Waals surface area contributed by atoms with E-state index in [1.807, 2.05) is 0 Å². The van der Waals surface area contributed by atoms with Gasteiger partial charge in [-0.3, -0.25) is 0 Å². The van der Waals surface area contributed by atoms with Crippen LogP contribution in [0.15, 0.2) is 72.8 Å². The van der Waals surface area contributed by atoms with Gasteiger partial charge in [-0.05, 0) is 96.8 Å². The first-order valence-electron chi connectivity index (χ1n) is 14.9. The maximum Gasteiger partial charge on any atom is 0.0414 e. The molecule has 200 valence electrons. The van der Waals surface area contributed by atoms with Crippen molar-refractivity contribution in [2.75, 3.05) is 31.1 Å². The maximum absolute atomic E-state index is 3.96. The minimum absolute atomic E-state index is 0.426. The highest BCUT2D eigenvalue weighted by molar-refractivity contribution is 7.99. The summed E-state index contributed by atoms with van der Waals surface area (Å²) in [6, 6.07) is 28.7. The second kappa shape index (κ2) is 12.8. The third-order valence-corrected chi connectivity index (χ3v) is 10.1. The van der Waals surface area contributed by atoms with Crippen LogP contribution in [0.5, 0.6) is 0 Å². The van der Waals surface area contributed by atoms with E-state index in [1.54, 1.807) is 16.7 Å². The third kappa shape index (κ3) is 5.89. The molecule has 3 nitrogen and oxygen atoms in total. The number of hydrogen-bond acceptors (Lipinski definition) is 4. The fourth-order valence-electron chi connectivity index (χ4n) is 7.07. The Hall–Kier alpha value is -2.11. The van der Waals surface area contributed by atoms with Gasteiger partial charge in [-0.2, -0.15) is 11.8 Å². The third-order valence-electron chi connectivity index (χ3n) is 8.98. The zero-order chi connectivity index (χ0) is 25.6. The van der Waals surface area contributed by atoms with Crippen LogP contribution in [0.1, 0.15) is 77.2 Å². The molecule has 6 rings (SSSR count). The van der Waals surface area contributed by atoms with E-state index in [0.29, 0.717) is 24.0 Å². The van der Waals surface area contributed by atoms with E-state index in [-0.39, 0.29) is 0 Å². The van der Waals surface area contributed by atoms with Crippen molar-refractivity contribution < 1.29 is 0 Å². The van der Waals surface area contributed by atoms with Crippen LogP contribution >= 0.6 is 11.8 Å². The second-order valence-corrected chi connectivity index (χ2v) is 12.5. The van der Waals surface area contributed by atoms with E-state index in [2.05, 4.69) is 101 Å². The van der Waals surface area contributed by atoms with Gasteiger partial charge < -0.3 is 16.0 Å². The Kier molecular flexibility index (Phi) is 8.82. The average Bonchev–Trinajstić information content (AvgIpc) is 2.98. The molecule has 3 aliphatic rings. The van der Waals surface area contributed by atoms with Gasteiger partial charge in [0.1, 0.15) is 0 Å². The van der Waals surface area contributed by atoms with E-state index in [9.17, 15) is 0 Å². The van der Waals surface area contributed by atoms with Crippen LogP contribution in [0.4, 0.5) is 0 Å². The van der Waals surface area contributed by atoms with E-state index < -0.39 is 0 Å². The summed E-state index contributed by atoms with van der Waals surface area (Å²) in [5.74, 6) is 3.01. The minimum atomic E-state index is 0.426. The zero-order valence-electron chi connectivity index (χ0n) is 22.6. The van der Waals surface area contributed by atoms with Gasteiger partial charge in [-0.25, -0.2) is 0 Å². The molecule has 0 spiro atoms. The quantitative estimate of drug-likeness (QED) is 0.262.